The molecule has 21 heavy (non-hydrogen) atoms. The van der Waals surface area contributed by atoms with Crippen molar-refractivity contribution < 1.29 is 13.6 Å². The molecule has 0 spiro atoms. The van der Waals surface area contributed by atoms with Crippen molar-refractivity contribution in [3.8, 4) is 0 Å². The van der Waals surface area contributed by atoms with Crippen molar-refractivity contribution in [3.63, 3.8) is 0 Å². The van der Waals surface area contributed by atoms with Gasteiger partial charge in [0, 0.05) is 24.7 Å². The number of nitrogens with zero attached hydrogens (tertiary/aromatic N) is 1. The summed E-state index contributed by atoms with van der Waals surface area (Å²) in [5.41, 5.74) is 5.86. The number of thiazole rings is 1. The summed E-state index contributed by atoms with van der Waals surface area (Å²) in [5, 5.41) is 6.04. The number of rotatable bonds is 5. The molecule has 0 saturated heterocycles. The third-order valence-electron chi connectivity index (χ3n) is 2.64. The molecular weight excluding hydrogens is 298 g/mol. The van der Waals surface area contributed by atoms with Crippen LogP contribution in [0, 0.1) is 11.6 Å². The van der Waals surface area contributed by atoms with E-state index in [1.807, 2.05) is 6.92 Å². The summed E-state index contributed by atoms with van der Waals surface area (Å²) in [6, 6.07) is 3.19. The van der Waals surface area contributed by atoms with E-state index in [1.54, 1.807) is 0 Å². The lowest BCUT2D eigenvalue weighted by molar-refractivity contribution is 0.0955. The van der Waals surface area contributed by atoms with Crippen LogP contribution in [0.25, 0.3) is 0 Å². The van der Waals surface area contributed by atoms with Crippen LogP contribution in [0.2, 0.25) is 0 Å². The van der Waals surface area contributed by atoms with E-state index in [2.05, 4.69) is 15.6 Å². The summed E-state index contributed by atoms with van der Waals surface area (Å²) in [6.45, 7) is 2.50. The number of hydrogen-bond acceptors (Lipinski definition) is 5. The number of carbonyl (C=O) groups excluding carboxylic acids is 1. The molecule has 4 N–H and O–H groups in total. The van der Waals surface area contributed by atoms with E-state index >= 15 is 0 Å². The Labute approximate surface area is 124 Å². The Bertz CT molecular complexity index is 660. The van der Waals surface area contributed by atoms with E-state index < -0.39 is 17.5 Å². The van der Waals surface area contributed by atoms with Gasteiger partial charge in [-0.05, 0) is 13.0 Å². The SMILES string of the molecule is CCNc1nc(N)c(C(=O)NCc2ccc(F)cc2F)s1. The molecule has 0 saturated carbocycles. The minimum atomic E-state index is -0.707. The highest BCUT2D eigenvalue weighted by atomic mass is 32.1. The van der Waals surface area contributed by atoms with Crippen LogP contribution in [0.3, 0.4) is 0 Å². The molecule has 8 heteroatoms. The molecule has 1 aromatic heterocycles. The van der Waals surface area contributed by atoms with Gasteiger partial charge in [-0.25, -0.2) is 13.8 Å². The minimum Gasteiger partial charge on any atom is -0.382 e. The zero-order valence-electron chi connectivity index (χ0n) is 11.2. The normalized spacial score (nSPS) is 10.4. The highest BCUT2D eigenvalue weighted by Gasteiger charge is 2.16. The van der Waals surface area contributed by atoms with Gasteiger partial charge >= 0.3 is 0 Å². The Balaban J connectivity index is 2.04. The lowest BCUT2D eigenvalue weighted by atomic mass is 10.2. The maximum absolute atomic E-state index is 13.5. The fourth-order valence-corrected chi connectivity index (χ4v) is 2.51. The summed E-state index contributed by atoms with van der Waals surface area (Å²) in [7, 11) is 0. The molecule has 0 aliphatic carbocycles. The van der Waals surface area contributed by atoms with Gasteiger partial charge in [0.15, 0.2) is 5.13 Å². The fraction of sp³-hybridized carbons (Fsp3) is 0.231. The Hall–Kier alpha value is -2.22. The van der Waals surface area contributed by atoms with Crippen molar-refractivity contribution in [1.82, 2.24) is 10.3 Å². The molecule has 2 rings (SSSR count). The average Bonchev–Trinajstić information content (AvgIpc) is 2.79. The van der Waals surface area contributed by atoms with Gasteiger partial charge < -0.3 is 16.4 Å². The molecule has 0 radical (unpaired) electrons. The molecule has 0 aliphatic rings. The molecule has 1 heterocycles. The predicted octanol–water partition coefficient (Wildman–Crippen LogP) is 2.37. The van der Waals surface area contributed by atoms with Crippen LogP contribution in [-0.2, 0) is 6.54 Å². The first-order valence-corrected chi connectivity index (χ1v) is 7.05. The Kier molecular flexibility index (Phi) is 4.69. The lowest BCUT2D eigenvalue weighted by Crippen LogP contribution is -2.23. The van der Waals surface area contributed by atoms with Gasteiger partial charge in [-0.3, -0.25) is 4.79 Å². The molecule has 5 nitrogen and oxygen atoms in total. The van der Waals surface area contributed by atoms with E-state index in [9.17, 15) is 13.6 Å². The van der Waals surface area contributed by atoms with E-state index in [-0.39, 0.29) is 22.8 Å². The predicted molar refractivity (Wildman–Crippen MR) is 78.2 cm³/mol. The number of nitrogens with one attached hydrogen (secondary N) is 2. The van der Waals surface area contributed by atoms with E-state index in [1.165, 1.54) is 6.07 Å². The summed E-state index contributed by atoms with van der Waals surface area (Å²) in [6.07, 6.45) is 0. The van der Waals surface area contributed by atoms with Gasteiger partial charge in [0.2, 0.25) is 0 Å². The molecule has 0 bridgehead atoms. The quantitative estimate of drug-likeness (QED) is 0.792. The average molecular weight is 312 g/mol. The van der Waals surface area contributed by atoms with Gasteiger partial charge in [-0.1, -0.05) is 17.4 Å². The maximum atomic E-state index is 13.5. The van der Waals surface area contributed by atoms with Crippen molar-refractivity contribution >= 4 is 28.2 Å². The number of carbonyl (C=O) groups is 1. The molecule has 0 unspecified atom stereocenters. The number of hydrogen-bond donors (Lipinski definition) is 3. The minimum absolute atomic E-state index is 0.0567. The lowest BCUT2D eigenvalue weighted by Gasteiger charge is -2.05. The monoisotopic (exact) mass is 312 g/mol. The summed E-state index contributed by atoms with van der Waals surface area (Å²) in [5.74, 6) is -1.70. The second-order valence-corrected chi connectivity index (χ2v) is 5.18. The Morgan fingerprint density at radius 2 is 2.19 bits per heavy atom. The molecule has 0 aliphatic heterocycles. The third kappa shape index (κ3) is 3.66. The molecule has 112 valence electrons. The fourth-order valence-electron chi connectivity index (χ4n) is 1.64. The van der Waals surface area contributed by atoms with Gasteiger partial charge in [-0.2, -0.15) is 0 Å². The summed E-state index contributed by atoms with van der Waals surface area (Å²) in [4.78, 5) is 16.3. The third-order valence-corrected chi connectivity index (χ3v) is 3.67. The zero-order valence-corrected chi connectivity index (χ0v) is 12.1. The smallest absolute Gasteiger partial charge is 0.265 e. The first-order chi connectivity index (χ1) is 10.0. The summed E-state index contributed by atoms with van der Waals surface area (Å²) < 4.78 is 26.2. The number of amides is 1. The maximum Gasteiger partial charge on any atom is 0.265 e. The van der Waals surface area contributed by atoms with Crippen LogP contribution in [-0.4, -0.2) is 17.4 Å². The van der Waals surface area contributed by atoms with Gasteiger partial charge in [0.1, 0.15) is 22.3 Å². The second-order valence-electron chi connectivity index (χ2n) is 4.18. The van der Waals surface area contributed by atoms with Gasteiger partial charge in [-0.15, -0.1) is 0 Å². The summed E-state index contributed by atoms with van der Waals surface area (Å²) >= 11 is 1.12. The standard InChI is InChI=1S/C13H14F2N4OS/c1-2-17-13-19-11(16)10(21-13)12(20)18-6-7-3-4-8(14)5-9(7)15/h3-5H,2,6,16H2,1H3,(H,17,19)(H,18,20). The first kappa shape index (κ1) is 15.2. The van der Waals surface area contributed by atoms with Gasteiger partial charge in [0.25, 0.3) is 5.91 Å². The van der Waals surface area contributed by atoms with Crippen LogP contribution in [0.5, 0.6) is 0 Å². The van der Waals surface area contributed by atoms with Crippen LogP contribution in [0.1, 0.15) is 22.2 Å². The topological polar surface area (TPSA) is 80.0 Å². The van der Waals surface area contributed by atoms with Crippen LogP contribution in [0.4, 0.5) is 19.7 Å². The van der Waals surface area contributed by atoms with Crippen molar-refractivity contribution in [2.75, 3.05) is 17.6 Å². The van der Waals surface area contributed by atoms with E-state index in [0.717, 1.165) is 23.5 Å². The Morgan fingerprint density at radius 3 is 2.86 bits per heavy atom. The first-order valence-electron chi connectivity index (χ1n) is 6.23. The number of nitrogen functional groups attached to an aromatic ring is 1. The molecular formula is C13H14F2N4OS. The van der Waals surface area contributed by atoms with Crippen LogP contribution in [0.15, 0.2) is 18.2 Å². The number of anilines is 2. The Morgan fingerprint density at radius 1 is 1.43 bits per heavy atom. The molecule has 1 amide bonds. The molecule has 0 fully saturated rings. The second kappa shape index (κ2) is 6.49. The van der Waals surface area contributed by atoms with Crippen LogP contribution >= 0.6 is 11.3 Å². The zero-order chi connectivity index (χ0) is 15.4. The van der Waals surface area contributed by atoms with Crippen molar-refractivity contribution in [1.29, 1.82) is 0 Å². The highest BCUT2D eigenvalue weighted by molar-refractivity contribution is 7.18. The molecule has 1 aromatic carbocycles. The van der Waals surface area contributed by atoms with E-state index in [0.29, 0.717) is 11.7 Å². The highest BCUT2D eigenvalue weighted by Crippen LogP contribution is 2.24. The number of benzene rings is 1. The van der Waals surface area contributed by atoms with Gasteiger partial charge in [0.05, 0.1) is 0 Å². The number of aromatic nitrogens is 1. The molecule has 2 aromatic rings. The number of halogens is 2. The number of nitrogens with two attached hydrogens (primary N) is 1. The van der Waals surface area contributed by atoms with E-state index in [4.69, 9.17) is 5.73 Å². The van der Waals surface area contributed by atoms with Crippen LogP contribution < -0.4 is 16.4 Å². The van der Waals surface area contributed by atoms with Crippen molar-refractivity contribution in [2.45, 2.75) is 13.5 Å². The van der Waals surface area contributed by atoms with Crippen molar-refractivity contribution in [2.24, 2.45) is 0 Å². The van der Waals surface area contributed by atoms with Crippen molar-refractivity contribution in [3.05, 3.63) is 40.3 Å². The molecule has 0 atom stereocenters. The largest absolute Gasteiger partial charge is 0.382 e.